The zero-order valence-electron chi connectivity index (χ0n) is 19.5. The molecule has 0 atom stereocenters. The van der Waals surface area contributed by atoms with Gasteiger partial charge in [0.2, 0.25) is 5.91 Å². The maximum atomic E-state index is 13.7. The van der Waals surface area contributed by atoms with Crippen LogP contribution in [0.5, 0.6) is 0 Å². The van der Waals surface area contributed by atoms with Crippen LogP contribution in [0.15, 0.2) is 42.5 Å². The molecule has 0 bridgehead atoms. The Morgan fingerprint density at radius 2 is 1.81 bits per heavy atom. The van der Waals surface area contributed by atoms with E-state index in [0.29, 0.717) is 18.7 Å². The highest BCUT2D eigenvalue weighted by Crippen LogP contribution is 2.29. The summed E-state index contributed by atoms with van der Waals surface area (Å²) in [4.78, 5) is 29.6. The van der Waals surface area contributed by atoms with E-state index < -0.39 is 5.82 Å². The van der Waals surface area contributed by atoms with Gasteiger partial charge in [-0.3, -0.25) is 9.59 Å². The smallest absolute Gasteiger partial charge is 0.254 e. The molecule has 1 N–H and O–H groups in total. The number of halogens is 1. The summed E-state index contributed by atoms with van der Waals surface area (Å²) in [6.07, 6.45) is 4.10. The lowest BCUT2D eigenvalue weighted by Crippen LogP contribution is -2.34. The molecule has 1 aliphatic rings. The van der Waals surface area contributed by atoms with Gasteiger partial charge in [0.15, 0.2) is 0 Å². The normalized spacial score (nSPS) is 13.9. The van der Waals surface area contributed by atoms with Crippen LogP contribution >= 0.6 is 0 Å². The molecular formula is C26H34FN3O2. The first-order valence-corrected chi connectivity index (χ1v) is 11.4. The molecule has 5 nitrogen and oxygen atoms in total. The highest BCUT2D eigenvalue weighted by molar-refractivity contribution is 5.95. The largest absolute Gasteiger partial charge is 0.377 e. The Morgan fingerprint density at radius 3 is 2.44 bits per heavy atom. The minimum Gasteiger partial charge on any atom is -0.377 e. The number of anilines is 2. The van der Waals surface area contributed by atoms with E-state index in [1.165, 1.54) is 12.1 Å². The average molecular weight is 440 g/mol. The van der Waals surface area contributed by atoms with Gasteiger partial charge in [-0.05, 0) is 60.7 Å². The van der Waals surface area contributed by atoms with Crippen molar-refractivity contribution in [2.24, 2.45) is 11.8 Å². The highest BCUT2D eigenvalue weighted by atomic mass is 19.1. The quantitative estimate of drug-likeness (QED) is 0.606. The number of benzene rings is 2. The number of hydrogen-bond acceptors (Lipinski definition) is 3. The van der Waals surface area contributed by atoms with Crippen molar-refractivity contribution in [2.75, 3.05) is 30.9 Å². The molecule has 1 fully saturated rings. The van der Waals surface area contributed by atoms with E-state index in [4.69, 9.17) is 0 Å². The summed E-state index contributed by atoms with van der Waals surface area (Å²) in [7, 11) is 3.91. The van der Waals surface area contributed by atoms with Crippen molar-refractivity contribution in [2.45, 2.75) is 46.1 Å². The van der Waals surface area contributed by atoms with Gasteiger partial charge < -0.3 is 15.1 Å². The van der Waals surface area contributed by atoms with Crippen LogP contribution in [0.1, 0.15) is 55.5 Å². The molecule has 0 heterocycles. The van der Waals surface area contributed by atoms with Crippen molar-refractivity contribution in [3.05, 3.63) is 59.4 Å². The van der Waals surface area contributed by atoms with Crippen LogP contribution in [0.3, 0.4) is 0 Å². The van der Waals surface area contributed by atoms with Crippen LogP contribution in [0.2, 0.25) is 0 Å². The van der Waals surface area contributed by atoms with Crippen LogP contribution < -0.4 is 10.2 Å². The van der Waals surface area contributed by atoms with Gasteiger partial charge in [0.25, 0.3) is 5.91 Å². The molecule has 0 unspecified atom stereocenters. The lowest BCUT2D eigenvalue weighted by Gasteiger charge is -2.28. The zero-order chi connectivity index (χ0) is 23.3. The van der Waals surface area contributed by atoms with Crippen molar-refractivity contribution in [1.82, 2.24) is 4.90 Å². The molecule has 0 aromatic heterocycles. The molecule has 2 aromatic carbocycles. The number of hydrogen-bond donors (Lipinski definition) is 1. The van der Waals surface area contributed by atoms with E-state index in [2.05, 4.69) is 19.2 Å². The van der Waals surface area contributed by atoms with E-state index in [1.54, 1.807) is 17.0 Å². The fourth-order valence-corrected chi connectivity index (χ4v) is 4.33. The Labute approximate surface area is 190 Å². The summed E-state index contributed by atoms with van der Waals surface area (Å²) in [5, 5.41) is 3.06. The van der Waals surface area contributed by atoms with Crippen molar-refractivity contribution in [1.29, 1.82) is 0 Å². The van der Waals surface area contributed by atoms with Gasteiger partial charge in [-0.2, -0.15) is 0 Å². The summed E-state index contributed by atoms with van der Waals surface area (Å²) in [6.45, 7) is 5.02. The van der Waals surface area contributed by atoms with E-state index in [1.807, 2.05) is 37.2 Å². The Bertz CT molecular complexity index is 952. The second-order valence-corrected chi connectivity index (χ2v) is 9.30. The predicted octanol–water partition coefficient (Wildman–Crippen LogP) is 5.32. The van der Waals surface area contributed by atoms with Crippen molar-refractivity contribution < 1.29 is 14.0 Å². The molecule has 0 saturated heterocycles. The molecule has 32 heavy (non-hydrogen) atoms. The summed E-state index contributed by atoms with van der Waals surface area (Å²) in [5.41, 5.74) is 2.99. The van der Waals surface area contributed by atoms with E-state index in [0.717, 1.165) is 42.6 Å². The number of amides is 2. The van der Waals surface area contributed by atoms with Gasteiger partial charge in [-0.25, -0.2) is 4.39 Å². The van der Waals surface area contributed by atoms with Crippen LogP contribution in [0.25, 0.3) is 0 Å². The van der Waals surface area contributed by atoms with E-state index in [9.17, 15) is 14.0 Å². The van der Waals surface area contributed by atoms with Gasteiger partial charge in [0.1, 0.15) is 5.82 Å². The molecular weight excluding hydrogens is 405 g/mol. The van der Waals surface area contributed by atoms with Crippen molar-refractivity contribution in [3.63, 3.8) is 0 Å². The van der Waals surface area contributed by atoms with Gasteiger partial charge in [-0.1, -0.05) is 32.8 Å². The Morgan fingerprint density at radius 1 is 1.09 bits per heavy atom. The van der Waals surface area contributed by atoms with Gasteiger partial charge >= 0.3 is 0 Å². The lowest BCUT2D eigenvalue weighted by atomic mass is 10.1. The van der Waals surface area contributed by atoms with Crippen LogP contribution in [0, 0.1) is 17.7 Å². The van der Waals surface area contributed by atoms with Crippen molar-refractivity contribution in [3.8, 4) is 0 Å². The second-order valence-electron chi connectivity index (χ2n) is 9.30. The average Bonchev–Trinajstić information content (AvgIpc) is 3.27. The van der Waals surface area contributed by atoms with Gasteiger partial charge in [-0.15, -0.1) is 0 Å². The number of carbonyl (C=O) groups is 2. The molecule has 2 amide bonds. The maximum absolute atomic E-state index is 13.7. The topological polar surface area (TPSA) is 52.7 Å². The number of nitrogens with one attached hydrogen (secondary N) is 1. The second kappa shape index (κ2) is 10.6. The summed E-state index contributed by atoms with van der Waals surface area (Å²) < 4.78 is 13.7. The standard InChI is InChI=1S/C26H34FN3O2/c1-18(2)16-30(26(32)20-10-7-11-22(27)14-20)17-21-15-23(12-13-24(21)29(3)4)28-25(31)19-8-5-6-9-19/h7,10-15,18-19H,5-6,8-9,16-17H2,1-4H3,(H,28,31). The first-order valence-electron chi connectivity index (χ1n) is 11.4. The fourth-order valence-electron chi connectivity index (χ4n) is 4.33. The third kappa shape index (κ3) is 6.09. The molecule has 0 spiro atoms. The Balaban J connectivity index is 1.87. The Hall–Kier alpha value is -2.89. The fraction of sp³-hybridized carbons (Fsp3) is 0.462. The SMILES string of the molecule is CC(C)CN(Cc1cc(NC(=O)C2CCCC2)ccc1N(C)C)C(=O)c1cccc(F)c1. The van der Waals surface area contributed by atoms with Crippen molar-refractivity contribution >= 4 is 23.2 Å². The first kappa shape index (κ1) is 23.8. The summed E-state index contributed by atoms with van der Waals surface area (Å²) >= 11 is 0. The van der Waals surface area contributed by atoms with Gasteiger partial charge in [0, 0.05) is 50.0 Å². The summed E-state index contributed by atoms with van der Waals surface area (Å²) in [6, 6.07) is 11.6. The minimum atomic E-state index is -0.425. The molecule has 3 rings (SSSR count). The van der Waals surface area contributed by atoms with E-state index >= 15 is 0 Å². The molecule has 1 aliphatic carbocycles. The predicted molar refractivity (Wildman–Crippen MR) is 127 cm³/mol. The van der Waals surface area contributed by atoms with Crippen LogP contribution in [0.4, 0.5) is 15.8 Å². The third-order valence-corrected chi connectivity index (χ3v) is 5.86. The highest BCUT2D eigenvalue weighted by Gasteiger charge is 2.24. The first-order chi connectivity index (χ1) is 15.2. The number of nitrogens with zero attached hydrogens (tertiary/aromatic N) is 2. The lowest BCUT2D eigenvalue weighted by molar-refractivity contribution is -0.119. The molecule has 172 valence electrons. The molecule has 6 heteroatoms. The monoisotopic (exact) mass is 439 g/mol. The van der Waals surface area contributed by atoms with Crippen LogP contribution in [-0.2, 0) is 11.3 Å². The summed E-state index contributed by atoms with van der Waals surface area (Å²) in [5.74, 6) is -0.227. The maximum Gasteiger partial charge on any atom is 0.254 e. The molecule has 0 aliphatic heterocycles. The molecule has 2 aromatic rings. The van der Waals surface area contributed by atoms with Crippen LogP contribution in [-0.4, -0.2) is 37.4 Å². The Kier molecular flexibility index (Phi) is 7.89. The number of rotatable bonds is 8. The third-order valence-electron chi connectivity index (χ3n) is 5.86. The molecule has 0 radical (unpaired) electrons. The van der Waals surface area contributed by atoms with Gasteiger partial charge in [0.05, 0.1) is 0 Å². The molecule has 1 saturated carbocycles. The number of carbonyl (C=O) groups excluding carboxylic acids is 2. The van der Waals surface area contributed by atoms with E-state index in [-0.39, 0.29) is 23.7 Å². The zero-order valence-corrected chi connectivity index (χ0v) is 19.5. The minimum absolute atomic E-state index is 0.0703.